The zero-order chi connectivity index (χ0) is 13.6. The van der Waals surface area contributed by atoms with Crippen LogP contribution in [0.1, 0.15) is 20.3 Å². The lowest BCUT2D eigenvalue weighted by molar-refractivity contribution is -0.143. The molecule has 0 spiro atoms. The van der Waals surface area contributed by atoms with Gasteiger partial charge in [0.05, 0.1) is 0 Å². The highest BCUT2D eigenvalue weighted by Crippen LogP contribution is 2.11. The molecule has 0 rings (SSSR count). The van der Waals surface area contributed by atoms with Crippen molar-refractivity contribution in [3.05, 3.63) is 0 Å². The van der Waals surface area contributed by atoms with Crippen LogP contribution in [0.5, 0.6) is 0 Å². The van der Waals surface area contributed by atoms with Gasteiger partial charge in [0.2, 0.25) is 0 Å². The Morgan fingerprint density at radius 1 is 1.35 bits per heavy atom. The average Bonchev–Trinajstić information content (AvgIpc) is 2.11. The SMILES string of the molecule is CC(C)C[C@@H](C(=O)O)N(C)CCO[Si](C)(C)C. The van der Waals surface area contributed by atoms with E-state index in [9.17, 15) is 9.90 Å². The van der Waals surface area contributed by atoms with Crippen LogP contribution in [-0.4, -0.2) is 50.5 Å². The molecule has 1 atom stereocenters. The molecule has 0 amide bonds. The highest BCUT2D eigenvalue weighted by molar-refractivity contribution is 6.69. The maximum atomic E-state index is 11.2. The number of likely N-dealkylation sites (N-methyl/N-ethyl adjacent to an activating group) is 1. The van der Waals surface area contributed by atoms with E-state index in [1.54, 1.807) is 0 Å². The van der Waals surface area contributed by atoms with Crippen LogP contribution in [0.15, 0.2) is 0 Å². The first kappa shape index (κ1) is 16.6. The number of carboxylic acids is 1. The third-order valence-corrected chi connectivity index (χ3v) is 3.56. The molecule has 102 valence electrons. The van der Waals surface area contributed by atoms with E-state index in [2.05, 4.69) is 19.6 Å². The van der Waals surface area contributed by atoms with Crippen LogP contribution in [0.2, 0.25) is 19.6 Å². The zero-order valence-corrected chi connectivity index (χ0v) is 13.0. The molecule has 0 unspecified atom stereocenters. The number of rotatable bonds is 8. The van der Waals surface area contributed by atoms with Crippen LogP contribution in [-0.2, 0) is 9.22 Å². The molecular formula is C12H27NO3Si. The second-order valence-corrected chi connectivity index (χ2v) is 10.4. The van der Waals surface area contributed by atoms with Gasteiger partial charge in [0.25, 0.3) is 0 Å². The minimum Gasteiger partial charge on any atom is -0.480 e. The van der Waals surface area contributed by atoms with E-state index in [4.69, 9.17) is 4.43 Å². The third kappa shape index (κ3) is 8.35. The topological polar surface area (TPSA) is 49.8 Å². The second-order valence-electron chi connectivity index (χ2n) is 5.93. The van der Waals surface area contributed by atoms with Gasteiger partial charge in [-0.1, -0.05) is 13.8 Å². The molecule has 0 saturated carbocycles. The molecule has 0 bridgehead atoms. The number of hydrogen-bond donors (Lipinski definition) is 1. The standard InChI is InChI=1S/C12H27NO3Si/c1-10(2)9-11(12(14)15)13(3)7-8-16-17(4,5)6/h10-11H,7-9H2,1-6H3,(H,14,15)/t11-/m0/s1. The van der Waals surface area contributed by atoms with Gasteiger partial charge >= 0.3 is 5.97 Å². The highest BCUT2D eigenvalue weighted by Gasteiger charge is 2.24. The molecule has 5 heteroatoms. The first-order valence-corrected chi connectivity index (χ1v) is 9.61. The van der Waals surface area contributed by atoms with Crippen LogP contribution in [0.4, 0.5) is 0 Å². The lowest BCUT2D eigenvalue weighted by Crippen LogP contribution is -2.42. The van der Waals surface area contributed by atoms with Gasteiger partial charge in [0.1, 0.15) is 6.04 Å². The van der Waals surface area contributed by atoms with Crippen LogP contribution in [0, 0.1) is 5.92 Å². The normalized spacial score (nSPS) is 14.4. The predicted octanol–water partition coefficient (Wildman–Crippen LogP) is 2.27. The molecule has 0 fully saturated rings. The molecule has 0 aromatic heterocycles. The summed E-state index contributed by atoms with van der Waals surface area (Å²) >= 11 is 0. The van der Waals surface area contributed by atoms with Gasteiger partial charge in [-0.3, -0.25) is 9.69 Å². The summed E-state index contributed by atoms with van der Waals surface area (Å²) in [5, 5.41) is 9.18. The summed E-state index contributed by atoms with van der Waals surface area (Å²) in [5.41, 5.74) is 0. The fourth-order valence-corrected chi connectivity index (χ4v) is 2.27. The van der Waals surface area contributed by atoms with Gasteiger partial charge in [-0.05, 0) is 39.0 Å². The summed E-state index contributed by atoms with van der Waals surface area (Å²) < 4.78 is 5.74. The van der Waals surface area contributed by atoms with Gasteiger partial charge in [-0.15, -0.1) is 0 Å². The van der Waals surface area contributed by atoms with E-state index in [0.717, 1.165) is 0 Å². The van der Waals surface area contributed by atoms with Crippen molar-refractivity contribution in [2.45, 2.75) is 46.0 Å². The maximum Gasteiger partial charge on any atom is 0.320 e. The molecule has 0 saturated heterocycles. The Morgan fingerprint density at radius 2 is 1.88 bits per heavy atom. The molecule has 0 radical (unpaired) electrons. The summed E-state index contributed by atoms with van der Waals surface area (Å²) in [4.78, 5) is 13.0. The van der Waals surface area contributed by atoms with Gasteiger partial charge in [0.15, 0.2) is 8.32 Å². The molecule has 0 aliphatic rings. The van der Waals surface area contributed by atoms with E-state index in [-0.39, 0.29) is 0 Å². The van der Waals surface area contributed by atoms with E-state index >= 15 is 0 Å². The molecule has 0 aliphatic carbocycles. The molecule has 0 aliphatic heterocycles. The number of carboxylic acid groups (broad SMARTS) is 1. The summed E-state index contributed by atoms with van der Waals surface area (Å²) in [6, 6.07) is -0.403. The molecule has 1 N–H and O–H groups in total. The fourth-order valence-electron chi connectivity index (χ4n) is 1.57. The van der Waals surface area contributed by atoms with Crippen molar-refractivity contribution in [1.82, 2.24) is 4.90 Å². The van der Waals surface area contributed by atoms with Crippen molar-refractivity contribution < 1.29 is 14.3 Å². The first-order chi connectivity index (χ1) is 7.63. The first-order valence-electron chi connectivity index (χ1n) is 6.20. The van der Waals surface area contributed by atoms with Crippen molar-refractivity contribution in [1.29, 1.82) is 0 Å². The lowest BCUT2D eigenvalue weighted by Gasteiger charge is -2.27. The summed E-state index contributed by atoms with van der Waals surface area (Å²) in [5.74, 6) is -0.356. The molecule has 0 aromatic rings. The number of hydrogen-bond acceptors (Lipinski definition) is 3. The lowest BCUT2D eigenvalue weighted by atomic mass is 10.0. The second kappa shape index (κ2) is 7.13. The van der Waals surface area contributed by atoms with Crippen molar-refractivity contribution in [3.8, 4) is 0 Å². The van der Waals surface area contributed by atoms with Crippen molar-refractivity contribution in [3.63, 3.8) is 0 Å². The predicted molar refractivity (Wildman–Crippen MR) is 72.8 cm³/mol. The van der Waals surface area contributed by atoms with Gasteiger partial charge in [0, 0.05) is 13.2 Å². The molecular weight excluding hydrogens is 234 g/mol. The summed E-state index contributed by atoms with van der Waals surface area (Å²) in [7, 11) is 0.364. The minimum absolute atomic E-state index is 0.386. The third-order valence-electron chi connectivity index (χ3n) is 2.49. The summed E-state index contributed by atoms with van der Waals surface area (Å²) in [6.07, 6.45) is 0.679. The Kier molecular flexibility index (Phi) is 6.97. The maximum absolute atomic E-state index is 11.2. The monoisotopic (exact) mass is 261 g/mol. The van der Waals surface area contributed by atoms with Crippen molar-refractivity contribution in [2.24, 2.45) is 5.92 Å². The van der Waals surface area contributed by atoms with Crippen molar-refractivity contribution in [2.75, 3.05) is 20.2 Å². The van der Waals surface area contributed by atoms with E-state index in [1.165, 1.54) is 0 Å². The largest absolute Gasteiger partial charge is 0.480 e. The van der Waals surface area contributed by atoms with Crippen LogP contribution in [0.25, 0.3) is 0 Å². The Bertz CT molecular complexity index is 238. The van der Waals surface area contributed by atoms with Crippen molar-refractivity contribution >= 4 is 14.3 Å². The molecule has 0 heterocycles. The minimum atomic E-state index is -1.49. The van der Waals surface area contributed by atoms with Crippen LogP contribution < -0.4 is 0 Å². The Balaban J connectivity index is 4.15. The van der Waals surface area contributed by atoms with Gasteiger partial charge < -0.3 is 9.53 Å². The fraction of sp³-hybridized carbons (Fsp3) is 0.917. The Hall–Kier alpha value is -0.393. The molecule has 17 heavy (non-hydrogen) atoms. The smallest absolute Gasteiger partial charge is 0.320 e. The number of aliphatic carboxylic acids is 1. The van der Waals surface area contributed by atoms with E-state index in [0.29, 0.717) is 25.5 Å². The van der Waals surface area contributed by atoms with Gasteiger partial charge in [-0.2, -0.15) is 0 Å². The van der Waals surface area contributed by atoms with Crippen LogP contribution in [0.3, 0.4) is 0 Å². The van der Waals surface area contributed by atoms with Gasteiger partial charge in [-0.25, -0.2) is 0 Å². The average molecular weight is 261 g/mol. The summed E-state index contributed by atoms with van der Waals surface area (Å²) in [6.45, 7) is 11.8. The number of carbonyl (C=O) groups is 1. The zero-order valence-electron chi connectivity index (χ0n) is 12.0. The number of nitrogens with zero attached hydrogens (tertiary/aromatic N) is 1. The highest BCUT2D eigenvalue weighted by atomic mass is 28.4. The molecule has 0 aromatic carbocycles. The van der Waals surface area contributed by atoms with E-state index in [1.807, 2.05) is 25.8 Å². The Labute approximate surface area is 106 Å². The Morgan fingerprint density at radius 3 is 2.24 bits per heavy atom. The molecule has 4 nitrogen and oxygen atoms in total. The van der Waals surface area contributed by atoms with Crippen LogP contribution >= 0.6 is 0 Å². The van der Waals surface area contributed by atoms with E-state index < -0.39 is 20.3 Å². The quantitative estimate of drug-likeness (QED) is 0.681.